The van der Waals surface area contributed by atoms with Crippen LogP contribution in [0.25, 0.3) is 0 Å². The zero-order valence-corrected chi connectivity index (χ0v) is 6.37. The van der Waals surface area contributed by atoms with E-state index in [1.807, 2.05) is 0 Å². The van der Waals surface area contributed by atoms with E-state index >= 15 is 0 Å². The van der Waals surface area contributed by atoms with Gasteiger partial charge in [0, 0.05) is 0 Å². The van der Waals surface area contributed by atoms with Gasteiger partial charge in [-0.25, -0.2) is 0 Å². The molecule has 0 saturated heterocycles. The van der Waals surface area contributed by atoms with Gasteiger partial charge in [-0.3, -0.25) is 4.57 Å². The number of nitrogens with two attached hydrogens (primary N) is 1. The fourth-order valence-electron chi connectivity index (χ4n) is 0.469. The molecule has 0 fully saturated rings. The fraction of sp³-hybridized carbons (Fsp3) is 1.00. The molecule has 0 spiro atoms. The Morgan fingerprint density at radius 1 is 1.50 bits per heavy atom. The molecule has 10 heavy (non-hydrogen) atoms. The van der Waals surface area contributed by atoms with Crippen LogP contribution in [0.3, 0.4) is 0 Å². The van der Waals surface area contributed by atoms with Crippen molar-refractivity contribution in [2.45, 2.75) is 18.7 Å². The number of aliphatic hydroxyl groups excluding tert-OH is 1. The van der Waals surface area contributed by atoms with Crippen LogP contribution < -0.4 is 5.73 Å². The molecule has 0 radical (unpaired) electrons. The lowest BCUT2D eigenvalue weighted by molar-refractivity contribution is 0.192. The maximum atomic E-state index is 10.2. The van der Waals surface area contributed by atoms with Crippen LogP contribution in [0.1, 0.15) is 12.8 Å². The van der Waals surface area contributed by atoms with Gasteiger partial charge < -0.3 is 20.6 Å². The second-order valence-corrected chi connectivity index (χ2v) is 3.77. The summed E-state index contributed by atoms with van der Waals surface area (Å²) in [4.78, 5) is 16.7. The third-order valence-electron chi connectivity index (χ3n) is 1.05. The minimum absolute atomic E-state index is 0.0563. The van der Waals surface area contributed by atoms with Gasteiger partial charge in [0.25, 0.3) is 0 Å². The minimum atomic E-state index is -4.29. The normalized spacial score (nSPS) is 15.2. The molecule has 0 aliphatic carbocycles. The summed E-state index contributed by atoms with van der Waals surface area (Å²) in [5, 5.41) is 8.70. The quantitative estimate of drug-likeness (QED) is 0.413. The van der Waals surface area contributed by atoms with Gasteiger partial charge in [-0.1, -0.05) is 0 Å². The molecule has 0 aromatic carbocycles. The molecule has 0 bridgehead atoms. The number of hydrogen-bond donors (Lipinski definition) is 4. The Kier molecular flexibility index (Phi) is 4.08. The van der Waals surface area contributed by atoms with E-state index in [2.05, 4.69) is 0 Å². The first-order chi connectivity index (χ1) is 4.48. The Morgan fingerprint density at radius 2 is 2.00 bits per heavy atom. The predicted molar refractivity (Wildman–Crippen MR) is 36.3 cm³/mol. The molecule has 0 amide bonds. The topological polar surface area (TPSA) is 104 Å². The molecule has 6 heteroatoms. The summed E-state index contributed by atoms with van der Waals surface area (Å²) in [6.45, 7) is 0.330. The van der Waals surface area contributed by atoms with E-state index < -0.39 is 13.4 Å². The Morgan fingerprint density at radius 3 is 2.30 bits per heavy atom. The number of rotatable bonds is 4. The molecular weight excluding hydrogens is 157 g/mol. The van der Waals surface area contributed by atoms with Crippen LogP contribution in [0.2, 0.25) is 0 Å². The maximum Gasteiger partial charge on any atom is 0.353 e. The summed E-state index contributed by atoms with van der Waals surface area (Å²) in [6.07, 6.45) is 0.479. The van der Waals surface area contributed by atoms with Gasteiger partial charge in [-0.2, -0.15) is 0 Å². The van der Waals surface area contributed by atoms with Crippen molar-refractivity contribution in [1.29, 1.82) is 0 Å². The largest absolute Gasteiger partial charge is 0.380 e. The average Bonchev–Trinajstić information content (AvgIpc) is 1.80. The lowest BCUT2D eigenvalue weighted by atomic mass is 10.3. The van der Waals surface area contributed by atoms with Crippen molar-refractivity contribution in [3.8, 4) is 0 Å². The fourth-order valence-corrected chi connectivity index (χ4v) is 0.988. The van der Waals surface area contributed by atoms with Crippen LogP contribution in [0, 0.1) is 0 Å². The summed E-state index contributed by atoms with van der Waals surface area (Å²) in [5.74, 6) is -1.55. The molecule has 0 rings (SSSR count). The molecule has 0 aliphatic heterocycles. The van der Waals surface area contributed by atoms with Crippen LogP contribution in [0.15, 0.2) is 0 Å². The van der Waals surface area contributed by atoms with Crippen LogP contribution in [0.4, 0.5) is 0 Å². The monoisotopic (exact) mass is 169 g/mol. The first-order valence-corrected chi connectivity index (χ1v) is 4.60. The standard InChI is InChI=1S/C4H12NO4P/c5-3-1-2-4(6)10(7,8)9/h4,6H,1-3,5H2,(H2,7,8,9). The first kappa shape index (κ1) is 10.1. The lowest BCUT2D eigenvalue weighted by Crippen LogP contribution is -2.09. The highest BCUT2D eigenvalue weighted by molar-refractivity contribution is 7.52. The molecular formula is C4H12NO4P. The van der Waals surface area contributed by atoms with Crippen molar-refractivity contribution in [3.05, 3.63) is 0 Å². The lowest BCUT2D eigenvalue weighted by Gasteiger charge is -2.10. The van der Waals surface area contributed by atoms with Crippen molar-refractivity contribution in [2.75, 3.05) is 6.54 Å². The van der Waals surface area contributed by atoms with Crippen LogP contribution in [-0.4, -0.2) is 27.3 Å². The van der Waals surface area contributed by atoms with Crippen molar-refractivity contribution in [2.24, 2.45) is 5.73 Å². The Balaban J connectivity index is 3.63. The zero-order valence-electron chi connectivity index (χ0n) is 5.47. The minimum Gasteiger partial charge on any atom is -0.380 e. The highest BCUT2D eigenvalue weighted by atomic mass is 31.2. The number of aliphatic hydroxyl groups is 1. The van der Waals surface area contributed by atoms with E-state index in [0.29, 0.717) is 13.0 Å². The molecule has 62 valence electrons. The molecule has 5 nitrogen and oxygen atoms in total. The van der Waals surface area contributed by atoms with E-state index in [1.165, 1.54) is 0 Å². The molecule has 0 saturated carbocycles. The van der Waals surface area contributed by atoms with Crippen molar-refractivity contribution in [1.82, 2.24) is 0 Å². The van der Waals surface area contributed by atoms with Gasteiger partial charge in [0.15, 0.2) is 5.85 Å². The van der Waals surface area contributed by atoms with Crippen LogP contribution in [0.5, 0.6) is 0 Å². The third-order valence-corrected chi connectivity index (χ3v) is 2.09. The molecule has 0 aromatic rings. The number of hydrogen-bond acceptors (Lipinski definition) is 3. The summed E-state index contributed by atoms with van der Waals surface area (Å²) in [5.41, 5.74) is 5.06. The second-order valence-electron chi connectivity index (χ2n) is 2.00. The van der Waals surface area contributed by atoms with E-state index in [4.69, 9.17) is 20.6 Å². The van der Waals surface area contributed by atoms with E-state index in [0.717, 1.165) is 0 Å². The SMILES string of the molecule is NCCCC(O)P(=O)(O)O. The molecule has 1 atom stereocenters. The maximum absolute atomic E-state index is 10.2. The molecule has 0 aromatic heterocycles. The molecule has 1 unspecified atom stereocenters. The van der Waals surface area contributed by atoms with E-state index in [1.54, 1.807) is 0 Å². The van der Waals surface area contributed by atoms with Crippen molar-refractivity contribution >= 4 is 7.60 Å². The van der Waals surface area contributed by atoms with Crippen LogP contribution in [-0.2, 0) is 4.57 Å². The van der Waals surface area contributed by atoms with E-state index in [-0.39, 0.29) is 6.42 Å². The van der Waals surface area contributed by atoms with Crippen molar-refractivity contribution in [3.63, 3.8) is 0 Å². The highest BCUT2D eigenvalue weighted by Gasteiger charge is 2.24. The predicted octanol–water partition coefficient (Wildman–Crippen LogP) is -0.779. The Hall–Kier alpha value is 0.0700. The Bertz CT molecular complexity index is 133. The molecule has 0 aliphatic rings. The van der Waals surface area contributed by atoms with E-state index in [9.17, 15) is 4.57 Å². The summed E-state index contributed by atoms with van der Waals surface area (Å²) >= 11 is 0. The van der Waals surface area contributed by atoms with Gasteiger partial charge in [-0.15, -0.1) is 0 Å². The summed E-state index contributed by atoms with van der Waals surface area (Å²) in [6, 6.07) is 0. The smallest absolute Gasteiger partial charge is 0.353 e. The molecule has 5 N–H and O–H groups in total. The van der Waals surface area contributed by atoms with Crippen LogP contribution >= 0.6 is 7.60 Å². The highest BCUT2D eigenvalue weighted by Crippen LogP contribution is 2.41. The van der Waals surface area contributed by atoms with Gasteiger partial charge in [0.1, 0.15) is 0 Å². The zero-order chi connectivity index (χ0) is 8.20. The van der Waals surface area contributed by atoms with Gasteiger partial charge in [0.05, 0.1) is 0 Å². The van der Waals surface area contributed by atoms with Gasteiger partial charge in [-0.05, 0) is 19.4 Å². The van der Waals surface area contributed by atoms with Crippen molar-refractivity contribution < 1.29 is 19.5 Å². The second kappa shape index (κ2) is 4.05. The summed E-state index contributed by atoms with van der Waals surface area (Å²) in [7, 11) is -4.29. The summed E-state index contributed by atoms with van der Waals surface area (Å²) < 4.78 is 10.2. The van der Waals surface area contributed by atoms with Gasteiger partial charge >= 0.3 is 7.60 Å². The Labute approximate surface area is 59.0 Å². The third kappa shape index (κ3) is 3.98. The van der Waals surface area contributed by atoms with Gasteiger partial charge in [0.2, 0.25) is 0 Å². The first-order valence-electron chi connectivity index (χ1n) is 2.92. The molecule has 0 heterocycles. The average molecular weight is 169 g/mol.